The number of sulfonamides is 1. The van der Waals surface area contributed by atoms with Gasteiger partial charge in [-0.1, -0.05) is 6.07 Å². The van der Waals surface area contributed by atoms with Crippen LogP contribution in [-0.4, -0.2) is 37.4 Å². The molecule has 1 aromatic heterocycles. The summed E-state index contributed by atoms with van der Waals surface area (Å²) in [6.45, 7) is 0.751. The lowest BCUT2D eigenvalue weighted by Crippen LogP contribution is -2.42. The van der Waals surface area contributed by atoms with Gasteiger partial charge in [-0.2, -0.15) is 4.31 Å². The summed E-state index contributed by atoms with van der Waals surface area (Å²) in [5.41, 5.74) is 0.696. The molecular formula is C15H15FN2O3S. The highest BCUT2D eigenvalue weighted by Crippen LogP contribution is 2.25. The molecule has 3 rings (SSSR count). The van der Waals surface area contributed by atoms with Gasteiger partial charge in [-0.3, -0.25) is 4.98 Å². The normalized spacial score (nSPS) is 20.0. The van der Waals surface area contributed by atoms with Crippen LogP contribution >= 0.6 is 0 Å². The van der Waals surface area contributed by atoms with Gasteiger partial charge in [0.05, 0.1) is 17.2 Å². The maximum atomic E-state index is 13.0. The van der Waals surface area contributed by atoms with Crippen LogP contribution in [0.2, 0.25) is 0 Å². The Balaban J connectivity index is 1.83. The molecule has 2 aromatic rings. The van der Waals surface area contributed by atoms with E-state index < -0.39 is 21.9 Å². The number of halogens is 1. The van der Waals surface area contributed by atoms with Crippen LogP contribution in [0, 0.1) is 5.82 Å². The SMILES string of the molecule is O=S(=O)(c1ccc(F)cc1)N1CCOC(c2ccccn2)C1. The molecule has 0 aliphatic carbocycles. The number of benzene rings is 1. The Hall–Kier alpha value is -1.83. The lowest BCUT2D eigenvalue weighted by atomic mass is 10.2. The molecule has 0 N–H and O–H groups in total. The molecule has 0 saturated carbocycles. The van der Waals surface area contributed by atoms with Crippen LogP contribution in [0.5, 0.6) is 0 Å². The first kappa shape index (κ1) is 15.1. The Labute approximate surface area is 128 Å². The number of rotatable bonds is 3. The van der Waals surface area contributed by atoms with Gasteiger partial charge in [0.1, 0.15) is 11.9 Å². The predicted octanol–water partition coefficient (Wildman–Crippen LogP) is 1.98. The van der Waals surface area contributed by atoms with Crippen molar-refractivity contribution in [2.24, 2.45) is 0 Å². The molecule has 0 radical (unpaired) electrons. The lowest BCUT2D eigenvalue weighted by molar-refractivity contribution is -0.00493. The molecule has 1 aliphatic rings. The van der Waals surface area contributed by atoms with Gasteiger partial charge in [0, 0.05) is 19.3 Å². The number of ether oxygens (including phenoxy) is 1. The average molecular weight is 322 g/mol. The topological polar surface area (TPSA) is 59.5 Å². The first-order valence-electron chi connectivity index (χ1n) is 6.85. The van der Waals surface area contributed by atoms with E-state index in [0.717, 1.165) is 12.1 Å². The molecular weight excluding hydrogens is 307 g/mol. The van der Waals surface area contributed by atoms with Crippen molar-refractivity contribution >= 4 is 10.0 Å². The van der Waals surface area contributed by atoms with Crippen molar-refractivity contribution in [2.75, 3.05) is 19.7 Å². The molecule has 116 valence electrons. The summed E-state index contributed by atoms with van der Waals surface area (Å²) >= 11 is 0. The van der Waals surface area contributed by atoms with Crippen LogP contribution in [0.4, 0.5) is 4.39 Å². The molecule has 0 spiro atoms. The maximum Gasteiger partial charge on any atom is 0.243 e. The molecule has 1 aromatic carbocycles. The summed E-state index contributed by atoms with van der Waals surface area (Å²) in [7, 11) is -3.66. The zero-order valence-electron chi connectivity index (χ0n) is 11.7. The van der Waals surface area contributed by atoms with Gasteiger partial charge >= 0.3 is 0 Å². The van der Waals surface area contributed by atoms with E-state index >= 15 is 0 Å². The highest BCUT2D eigenvalue weighted by Gasteiger charge is 2.31. The van der Waals surface area contributed by atoms with Crippen molar-refractivity contribution in [1.29, 1.82) is 0 Å². The molecule has 1 unspecified atom stereocenters. The smallest absolute Gasteiger partial charge is 0.243 e. The number of pyridine rings is 1. The number of morpholine rings is 1. The lowest BCUT2D eigenvalue weighted by Gasteiger charge is -2.31. The van der Waals surface area contributed by atoms with Crippen LogP contribution < -0.4 is 0 Å². The quantitative estimate of drug-likeness (QED) is 0.867. The molecule has 2 heterocycles. The standard InChI is InChI=1S/C15H15FN2O3S/c16-12-4-6-13(7-5-12)22(19,20)18-9-10-21-15(11-18)14-3-1-2-8-17-14/h1-8,15H,9-11H2. The van der Waals surface area contributed by atoms with E-state index in [9.17, 15) is 12.8 Å². The summed E-state index contributed by atoms with van der Waals surface area (Å²) < 4.78 is 45.1. The summed E-state index contributed by atoms with van der Waals surface area (Å²) in [5, 5.41) is 0. The number of hydrogen-bond acceptors (Lipinski definition) is 4. The predicted molar refractivity (Wildman–Crippen MR) is 78.1 cm³/mol. The average Bonchev–Trinajstić information content (AvgIpc) is 2.56. The van der Waals surface area contributed by atoms with Crippen molar-refractivity contribution in [3.8, 4) is 0 Å². The maximum absolute atomic E-state index is 13.0. The van der Waals surface area contributed by atoms with Gasteiger partial charge in [0.15, 0.2) is 0 Å². The Morgan fingerprint density at radius 3 is 2.64 bits per heavy atom. The molecule has 7 heteroatoms. The second kappa shape index (κ2) is 6.12. The number of hydrogen-bond donors (Lipinski definition) is 0. The van der Waals surface area contributed by atoms with Crippen molar-refractivity contribution in [3.63, 3.8) is 0 Å². The van der Waals surface area contributed by atoms with Crippen molar-refractivity contribution in [1.82, 2.24) is 9.29 Å². The molecule has 1 fully saturated rings. The van der Waals surface area contributed by atoms with Gasteiger partial charge in [-0.15, -0.1) is 0 Å². The van der Waals surface area contributed by atoms with E-state index in [1.807, 2.05) is 6.07 Å². The second-order valence-corrected chi connectivity index (χ2v) is 6.87. The minimum Gasteiger partial charge on any atom is -0.369 e. The van der Waals surface area contributed by atoms with Crippen LogP contribution in [0.15, 0.2) is 53.6 Å². The van der Waals surface area contributed by atoms with Gasteiger partial charge in [0.2, 0.25) is 10.0 Å². The van der Waals surface area contributed by atoms with E-state index in [4.69, 9.17) is 4.74 Å². The molecule has 1 saturated heterocycles. The minimum absolute atomic E-state index is 0.0792. The third-order valence-electron chi connectivity index (χ3n) is 3.50. The van der Waals surface area contributed by atoms with E-state index in [2.05, 4.69) is 4.98 Å². The fraction of sp³-hybridized carbons (Fsp3) is 0.267. The van der Waals surface area contributed by atoms with Gasteiger partial charge in [0.25, 0.3) is 0 Å². The molecule has 0 bridgehead atoms. The minimum atomic E-state index is -3.66. The largest absolute Gasteiger partial charge is 0.369 e. The van der Waals surface area contributed by atoms with E-state index in [0.29, 0.717) is 12.3 Å². The summed E-state index contributed by atoms with van der Waals surface area (Å²) in [6, 6.07) is 10.3. The number of aromatic nitrogens is 1. The highest BCUT2D eigenvalue weighted by molar-refractivity contribution is 7.89. The van der Waals surface area contributed by atoms with Crippen LogP contribution in [-0.2, 0) is 14.8 Å². The van der Waals surface area contributed by atoms with Gasteiger partial charge in [-0.25, -0.2) is 12.8 Å². The first-order chi connectivity index (χ1) is 10.6. The monoisotopic (exact) mass is 322 g/mol. The van der Waals surface area contributed by atoms with Crippen molar-refractivity contribution in [2.45, 2.75) is 11.0 Å². The zero-order chi connectivity index (χ0) is 15.6. The Bertz CT molecular complexity index is 735. The third kappa shape index (κ3) is 3.01. The zero-order valence-corrected chi connectivity index (χ0v) is 12.5. The fourth-order valence-electron chi connectivity index (χ4n) is 2.35. The highest BCUT2D eigenvalue weighted by atomic mass is 32.2. The molecule has 1 aliphatic heterocycles. The van der Waals surface area contributed by atoms with E-state index in [1.165, 1.54) is 16.4 Å². The third-order valence-corrected chi connectivity index (χ3v) is 5.38. The molecule has 1 atom stereocenters. The van der Waals surface area contributed by atoms with Gasteiger partial charge in [-0.05, 0) is 36.4 Å². The van der Waals surface area contributed by atoms with E-state index in [1.54, 1.807) is 18.3 Å². The van der Waals surface area contributed by atoms with Crippen LogP contribution in [0.1, 0.15) is 11.8 Å². The van der Waals surface area contributed by atoms with Gasteiger partial charge < -0.3 is 4.74 Å². The first-order valence-corrected chi connectivity index (χ1v) is 8.29. The van der Waals surface area contributed by atoms with Crippen molar-refractivity contribution in [3.05, 3.63) is 60.2 Å². The Morgan fingerprint density at radius 1 is 1.18 bits per heavy atom. The molecule has 0 amide bonds. The summed E-state index contributed by atoms with van der Waals surface area (Å²) in [4.78, 5) is 4.29. The second-order valence-electron chi connectivity index (χ2n) is 4.93. The Morgan fingerprint density at radius 2 is 1.95 bits per heavy atom. The molecule has 5 nitrogen and oxygen atoms in total. The number of nitrogens with zero attached hydrogens (tertiary/aromatic N) is 2. The fourth-order valence-corrected chi connectivity index (χ4v) is 3.77. The van der Waals surface area contributed by atoms with Crippen molar-refractivity contribution < 1.29 is 17.5 Å². The molecule has 22 heavy (non-hydrogen) atoms. The van der Waals surface area contributed by atoms with Crippen LogP contribution in [0.25, 0.3) is 0 Å². The van der Waals surface area contributed by atoms with E-state index in [-0.39, 0.29) is 18.0 Å². The summed E-state index contributed by atoms with van der Waals surface area (Å²) in [6.07, 6.45) is 1.25. The van der Waals surface area contributed by atoms with Crippen LogP contribution in [0.3, 0.4) is 0 Å². The summed E-state index contributed by atoms with van der Waals surface area (Å²) in [5.74, 6) is -0.465. The Kier molecular flexibility index (Phi) is 4.19.